The van der Waals surface area contributed by atoms with Crippen LogP contribution in [0.25, 0.3) is 0 Å². The van der Waals surface area contributed by atoms with Crippen molar-refractivity contribution in [3.63, 3.8) is 0 Å². The fraction of sp³-hybridized carbons (Fsp3) is 0.444. The largest absolute Gasteiger partial charge is 0.343 e. The van der Waals surface area contributed by atoms with Crippen LogP contribution in [0.1, 0.15) is 11.4 Å². The first-order chi connectivity index (χ1) is 8.00. The van der Waals surface area contributed by atoms with Crippen molar-refractivity contribution in [2.75, 3.05) is 0 Å². The summed E-state index contributed by atoms with van der Waals surface area (Å²) in [6, 6.07) is 0. The van der Waals surface area contributed by atoms with E-state index in [1.165, 1.54) is 16.3 Å². The molecule has 2 rings (SSSR count). The maximum absolute atomic E-state index is 11.2. The molecule has 0 aliphatic carbocycles. The third-order valence-electron chi connectivity index (χ3n) is 2.44. The van der Waals surface area contributed by atoms with Crippen molar-refractivity contribution < 1.29 is 0 Å². The second-order valence-electron chi connectivity index (χ2n) is 3.63. The Morgan fingerprint density at radius 3 is 2.65 bits per heavy atom. The first-order valence-electron chi connectivity index (χ1n) is 4.93. The van der Waals surface area contributed by atoms with Gasteiger partial charge < -0.3 is 0 Å². The van der Waals surface area contributed by atoms with E-state index in [0.29, 0.717) is 10.9 Å². The van der Waals surface area contributed by atoms with Gasteiger partial charge in [-0.15, -0.1) is 5.10 Å². The molecule has 1 N–H and O–H groups in total. The first-order valence-corrected chi connectivity index (χ1v) is 6.70. The number of nitrogens with one attached hydrogen (secondary N) is 1. The van der Waals surface area contributed by atoms with Gasteiger partial charge in [0.1, 0.15) is 0 Å². The summed E-state index contributed by atoms with van der Waals surface area (Å²) < 4.78 is 4.33. The number of hydrogen-bond acceptors (Lipinski definition) is 4. The summed E-state index contributed by atoms with van der Waals surface area (Å²) in [4.78, 5) is 11.2. The van der Waals surface area contributed by atoms with Crippen molar-refractivity contribution in [1.82, 2.24) is 24.5 Å². The molecule has 0 unspecified atom stereocenters. The summed E-state index contributed by atoms with van der Waals surface area (Å²) in [5, 5.41) is 11.3. The van der Waals surface area contributed by atoms with E-state index < -0.39 is 0 Å². The standard InChI is InChI=1S/C9H12BrN5OS/c1-5-7(10)6(15(3)13-5)4-17-9-12-11-8(16)14(9)2/h4H2,1-3H3,(H,11,16). The third-order valence-corrected chi connectivity index (χ3v) is 4.51. The topological polar surface area (TPSA) is 68.5 Å². The van der Waals surface area contributed by atoms with Crippen molar-refractivity contribution in [3.05, 3.63) is 26.3 Å². The first kappa shape index (κ1) is 12.4. The molecule has 92 valence electrons. The Hall–Kier alpha value is -1.02. The van der Waals surface area contributed by atoms with E-state index in [4.69, 9.17) is 0 Å². The molecule has 0 aromatic carbocycles. The summed E-state index contributed by atoms with van der Waals surface area (Å²) in [6.45, 7) is 1.95. The Morgan fingerprint density at radius 1 is 1.47 bits per heavy atom. The van der Waals surface area contributed by atoms with Crippen molar-refractivity contribution in [2.24, 2.45) is 14.1 Å². The summed E-state index contributed by atoms with van der Waals surface area (Å²) in [5.41, 5.74) is 1.83. The molecular formula is C9H12BrN5OS. The number of rotatable bonds is 3. The van der Waals surface area contributed by atoms with Gasteiger partial charge in [0.15, 0.2) is 5.16 Å². The van der Waals surface area contributed by atoms with Gasteiger partial charge in [0.2, 0.25) is 0 Å². The number of aromatic amines is 1. The normalized spacial score (nSPS) is 11.1. The smallest absolute Gasteiger partial charge is 0.273 e. The summed E-state index contributed by atoms with van der Waals surface area (Å²) in [7, 11) is 3.59. The number of aryl methyl sites for hydroxylation is 2. The molecule has 2 heterocycles. The van der Waals surface area contributed by atoms with Crippen LogP contribution in [0.3, 0.4) is 0 Å². The third kappa shape index (κ3) is 2.32. The molecule has 0 spiro atoms. The van der Waals surface area contributed by atoms with Crippen LogP contribution in [0, 0.1) is 6.92 Å². The van der Waals surface area contributed by atoms with E-state index in [2.05, 4.69) is 31.2 Å². The highest BCUT2D eigenvalue weighted by atomic mass is 79.9. The lowest BCUT2D eigenvalue weighted by atomic mass is 10.4. The molecule has 2 aromatic heterocycles. The van der Waals surface area contributed by atoms with Gasteiger partial charge in [-0.3, -0.25) is 9.25 Å². The van der Waals surface area contributed by atoms with Crippen molar-refractivity contribution in [2.45, 2.75) is 17.8 Å². The molecule has 17 heavy (non-hydrogen) atoms. The van der Waals surface area contributed by atoms with Crippen LogP contribution >= 0.6 is 27.7 Å². The van der Waals surface area contributed by atoms with Gasteiger partial charge in [0, 0.05) is 19.8 Å². The molecule has 6 nitrogen and oxygen atoms in total. The second kappa shape index (κ2) is 4.69. The van der Waals surface area contributed by atoms with Gasteiger partial charge >= 0.3 is 5.69 Å². The van der Waals surface area contributed by atoms with Gasteiger partial charge in [0.25, 0.3) is 0 Å². The molecular weight excluding hydrogens is 306 g/mol. The highest BCUT2D eigenvalue weighted by Crippen LogP contribution is 2.26. The number of H-pyrrole nitrogens is 1. The molecule has 0 amide bonds. The Morgan fingerprint density at radius 2 is 2.18 bits per heavy atom. The monoisotopic (exact) mass is 317 g/mol. The molecule has 0 atom stereocenters. The number of aromatic nitrogens is 5. The van der Waals surface area contributed by atoms with Crippen LogP contribution in [0.2, 0.25) is 0 Å². The zero-order chi connectivity index (χ0) is 12.6. The van der Waals surface area contributed by atoms with E-state index in [1.54, 1.807) is 7.05 Å². The Bertz CT molecular complexity index is 599. The Labute approximate surface area is 111 Å². The number of nitrogens with zero attached hydrogens (tertiary/aromatic N) is 4. The molecule has 0 saturated heterocycles. The maximum Gasteiger partial charge on any atom is 0.343 e. The predicted molar refractivity (Wildman–Crippen MR) is 69.0 cm³/mol. The molecule has 2 aromatic rings. The SMILES string of the molecule is Cc1nn(C)c(CSc2n[nH]c(=O)n2C)c1Br. The fourth-order valence-corrected chi connectivity index (χ4v) is 3.08. The van der Waals surface area contributed by atoms with E-state index in [1.807, 2.05) is 18.7 Å². The maximum atomic E-state index is 11.2. The van der Waals surface area contributed by atoms with Crippen molar-refractivity contribution in [3.8, 4) is 0 Å². The molecule has 0 bridgehead atoms. The molecule has 0 radical (unpaired) electrons. The van der Waals surface area contributed by atoms with Crippen LogP contribution < -0.4 is 5.69 Å². The van der Waals surface area contributed by atoms with Gasteiger partial charge in [-0.2, -0.15) is 5.10 Å². The van der Waals surface area contributed by atoms with E-state index in [-0.39, 0.29) is 5.69 Å². The predicted octanol–water partition coefficient (Wildman–Crippen LogP) is 1.21. The van der Waals surface area contributed by atoms with Gasteiger partial charge in [-0.25, -0.2) is 9.89 Å². The van der Waals surface area contributed by atoms with Crippen LogP contribution in [0.4, 0.5) is 0 Å². The van der Waals surface area contributed by atoms with Gasteiger partial charge in [0.05, 0.1) is 15.9 Å². The molecule has 8 heteroatoms. The summed E-state index contributed by atoms with van der Waals surface area (Å²) in [5.74, 6) is 0.704. The zero-order valence-corrected chi connectivity index (χ0v) is 12.1. The van der Waals surface area contributed by atoms with Crippen molar-refractivity contribution >= 4 is 27.7 Å². The van der Waals surface area contributed by atoms with Crippen LogP contribution in [-0.4, -0.2) is 24.5 Å². The lowest BCUT2D eigenvalue weighted by Gasteiger charge is -2.02. The number of halogens is 1. The van der Waals surface area contributed by atoms with E-state index in [9.17, 15) is 4.79 Å². The van der Waals surface area contributed by atoms with Gasteiger partial charge in [-0.05, 0) is 22.9 Å². The lowest BCUT2D eigenvalue weighted by Crippen LogP contribution is -2.12. The highest BCUT2D eigenvalue weighted by Gasteiger charge is 2.12. The van der Waals surface area contributed by atoms with E-state index in [0.717, 1.165) is 15.9 Å². The summed E-state index contributed by atoms with van der Waals surface area (Å²) >= 11 is 5.00. The van der Waals surface area contributed by atoms with Crippen LogP contribution in [0.5, 0.6) is 0 Å². The zero-order valence-electron chi connectivity index (χ0n) is 9.69. The average Bonchev–Trinajstić information content (AvgIpc) is 2.71. The molecule has 0 fully saturated rings. The van der Waals surface area contributed by atoms with Gasteiger partial charge in [-0.1, -0.05) is 11.8 Å². The van der Waals surface area contributed by atoms with E-state index >= 15 is 0 Å². The summed E-state index contributed by atoms with van der Waals surface area (Å²) in [6.07, 6.45) is 0. The molecule has 0 aliphatic heterocycles. The average molecular weight is 318 g/mol. The second-order valence-corrected chi connectivity index (χ2v) is 5.36. The minimum atomic E-state index is -0.201. The Kier molecular flexibility index (Phi) is 3.43. The minimum absolute atomic E-state index is 0.201. The minimum Gasteiger partial charge on any atom is -0.273 e. The quantitative estimate of drug-likeness (QED) is 0.864. The number of hydrogen-bond donors (Lipinski definition) is 1. The van der Waals surface area contributed by atoms with Crippen LogP contribution in [-0.2, 0) is 19.8 Å². The fourth-order valence-electron chi connectivity index (χ4n) is 1.43. The Balaban J connectivity index is 2.18. The number of thioether (sulfide) groups is 1. The highest BCUT2D eigenvalue weighted by molar-refractivity contribution is 9.10. The molecule has 0 saturated carbocycles. The molecule has 0 aliphatic rings. The van der Waals surface area contributed by atoms with Crippen molar-refractivity contribution in [1.29, 1.82) is 0 Å². The lowest BCUT2D eigenvalue weighted by molar-refractivity contribution is 0.724. The van der Waals surface area contributed by atoms with Crippen LogP contribution in [0.15, 0.2) is 14.4 Å².